The van der Waals surface area contributed by atoms with E-state index in [1.54, 1.807) is 36.4 Å². The lowest BCUT2D eigenvalue weighted by Gasteiger charge is -2.25. The molecule has 0 bridgehead atoms. The van der Waals surface area contributed by atoms with Crippen LogP contribution in [0.3, 0.4) is 0 Å². The fourth-order valence-electron chi connectivity index (χ4n) is 2.53. The van der Waals surface area contributed by atoms with E-state index in [0.29, 0.717) is 29.9 Å². The molecule has 1 aliphatic rings. The number of aromatic hydroxyl groups is 1. The number of anilines is 1. The Morgan fingerprint density at radius 3 is 2.52 bits per heavy atom. The third kappa shape index (κ3) is 2.76. The van der Waals surface area contributed by atoms with Crippen LogP contribution < -0.4 is 4.90 Å². The van der Waals surface area contributed by atoms with Crippen molar-refractivity contribution in [2.75, 3.05) is 11.4 Å². The fraction of sp³-hybridized carbons (Fsp3) is 0.125. The van der Waals surface area contributed by atoms with Crippen LogP contribution in [0.4, 0.5) is 16.2 Å². The minimum atomic E-state index is -0.550. The second kappa shape index (κ2) is 5.88. The van der Waals surface area contributed by atoms with E-state index in [0.717, 1.165) is 0 Å². The Morgan fingerprint density at radius 2 is 1.83 bits per heavy atom. The van der Waals surface area contributed by atoms with E-state index >= 15 is 0 Å². The highest BCUT2D eigenvalue weighted by atomic mass is 16.6. The van der Waals surface area contributed by atoms with E-state index < -0.39 is 11.0 Å². The molecule has 1 heterocycles. The second-order valence-corrected chi connectivity index (χ2v) is 5.01. The lowest BCUT2D eigenvalue weighted by molar-refractivity contribution is -0.385. The van der Waals surface area contributed by atoms with Crippen molar-refractivity contribution in [2.24, 2.45) is 4.99 Å². The average molecular weight is 311 g/mol. The van der Waals surface area contributed by atoms with Crippen LogP contribution in [-0.2, 0) is 0 Å². The van der Waals surface area contributed by atoms with Crippen LogP contribution in [0.5, 0.6) is 5.75 Å². The Bertz CT molecular complexity index is 816. The minimum Gasteiger partial charge on any atom is -0.506 e. The van der Waals surface area contributed by atoms with Gasteiger partial charge in [-0.25, -0.2) is 4.79 Å². The number of phenols is 1. The van der Waals surface area contributed by atoms with Gasteiger partial charge < -0.3 is 5.11 Å². The summed E-state index contributed by atoms with van der Waals surface area (Å²) in [6.45, 7) is 0.293. The number of nitro benzene ring substituents is 1. The molecule has 0 fully saturated rings. The molecule has 0 saturated carbocycles. The van der Waals surface area contributed by atoms with Crippen LogP contribution in [0.1, 0.15) is 12.0 Å². The number of nitrogens with zero attached hydrogens (tertiary/aromatic N) is 3. The first-order valence-corrected chi connectivity index (χ1v) is 6.99. The summed E-state index contributed by atoms with van der Waals surface area (Å²) in [6, 6.07) is 12.1. The number of carbonyl (C=O) groups is 1. The molecule has 0 aliphatic carbocycles. The molecule has 0 atom stereocenters. The number of carbonyl (C=O) groups excluding carboxylic acids is 1. The van der Waals surface area contributed by atoms with Crippen LogP contribution in [0.15, 0.2) is 53.5 Å². The minimum absolute atomic E-state index is 0.00908. The first-order valence-electron chi connectivity index (χ1n) is 6.99. The maximum atomic E-state index is 12.3. The number of urea groups is 1. The predicted octanol–water partition coefficient (Wildman–Crippen LogP) is 3.12. The van der Waals surface area contributed by atoms with Crippen LogP contribution in [0.2, 0.25) is 0 Å². The summed E-state index contributed by atoms with van der Waals surface area (Å²) < 4.78 is 0. The molecule has 2 aromatic rings. The van der Waals surface area contributed by atoms with E-state index in [2.05, 4.69) is 4.99 Å². The van der Waals surface area contributed by atoms with E-state index in [9.17, 15) is 20.0 Å². The van der Waals surface area contributed by atoms with Crippen molar-refractivity contribution in [3.63, 3.8) is 0 Å². The highest BCUT2D eigenvalue weighted by molar-refractivity contribution is 6.13. The maximum absolute atomic E-state index is 12.3. The van der Waals surface area contributed by atoms with Crippen molar-refractivity contribution in [3.8, 4) is 5.75 Å². The number of rotatable bonds is 3. The molecule has 0 radical (unpaired) electrons. The highest BCUT2D eigenvalue weighted by Gasteiger charge is 2.27. The molecule has 1 N–H and O–H groups in total. The van der Waals surface area contributed by atoms with Gasteiger partial charge in [0, 0.05) is 19.0 Å². The van der Waals surface area contributed by atoms with Gasteiger partial charge in [-0.3, -0.25) is 15.0 Å². The van der Waals surface area contributed by atoms with Crippen molar-refractivity contribution >= 4 is 23.1 Å². The number of para-hydroxylation sites is 3. The molecule has 0 spiro atoms. The molecule has 1 aliphatic heterocycles. The number of nitro groups is 1. The Morgan fingerprint density at radius 1 is 1.13 bits per heavy atom. The Hall–Kier alpha value is -3.22. The van der Waals surface area contributed by atoms with Gasteiger partial charge in [0.15, 0.2) is 0 Å². The van der Waals surface area contributed by atoms with Gasteiger partial charge in [0.2, 0.25) is 0 Å². The molecule has 7 heteroatoms. The average Bonchev–Trinajstić information content (AvgIpc) is 2.55. The van der Waals surface area contributed by atoms with E-state index in [-0.39, 0.29) is 11.4 Å². The van der Waals surface area contributed by atoms with Crippen molar-refractivity contribution in [3.05, 3.63) is 64.2 Å². The first kappa shape index (κ1) is 14.7. The molecule has 0 unspecified atom stereocenters. The molecule has 3 rings (SSSR count). The van der Waals surface area contributed by atoms with Crippen LogP contribution in [-0.4, -0.2) is 28.3 Å². The van der Waals surface area contributed by atoms with Crippen molar-refractivity contribution < 1.29 is 14.8 Å². The summed E-state index contributed by atoms with van der Waals surface area (Å²) in [5.74, 6) is -0.00908. The van der Waals surface area contributed by atoms with Gasteiger partial charge in [0.05, 0.1) is 21.9 Å². The predicted molar refractivity (Wildman–Crippen MR) is 85.1 cm³/mol. The van der Waals surface area contributed by atoms with E-state index in [1.807, 2.05) is 0 Å². The number of amides is 2. The van der Waals surface area contributed by atoms with Crippen molar-refractivity contribution in [1.29, 1.82) is 0 Å². The van der Waals surface area contributed by atoms with Crippen molar-refractivity contribution in [1.82, 2.24) is 0 Å². The third-order valence-electron chi connectivity index (χ3n) is 3.62. The molecule has 2 amide bonds. The standard InChI is InChI=1S/C16H13N3O4/c20-15-8-4-3-7-14(15)18-10-9-12(17-16(18)21)11-5-1-2-6-13(11)19(22)23/h1-8,20H,9-10H2. The van der Waals surface area contributed by atoms with Crippen LogP contribution >= 0.6 is 0 Å². The Balaban J connectivity index is 1.95. The summed E-state index contributed by atoms with van der Waals surface area (Å²) in [6.07, 6.45) is 0.366. The lowest BCUT2D eigenvalue weighted by atomic mass is 10.0. The molecule has 0 saturated heterocycles. The summed E-state index contributed by atoms with van der Waals surface area (Å²) >= 11 is 0. The maximum Gasteiger partial charge on any atom is 0.348 e. The number of benzene rings is 2. The van der Waals surface area contributed by atoms with Gasteiger partial charge in [0.25, 0.3) is 5.69 Å². The molecule has 7 nitrogen and oxygen atoms in total. The number of hydrogen-bond acceptors (Lipinski definition) is 4. The van der Waals surface area contributed by atoms with Crippen molar-refractivity contribution in [2.45, 2.75) is 6.42 Å². The van der Waals surface area contributed by atoms with Gasteiger partial charge in [-0.05, 0) is 18.2 Å². The zero-order valence-electron chi connectivity index (χ0n) is 12.0. The van der Waals surface area contributed by atoms with Crippen LogP contribution in [0, 0.1) is 10.1 Å². The topological polar surface area (TPSA) is 96.0 Å². The molecule has 23 heavy (non-hydrogen) atoms. The van der Waals surface area contributed by atoms with E-state index in [4.69, 9.17) is 0 Å². The largest absolute Gasteiger partial charge is 0.506 e. The second-order valence-electron chi connectivity index (χ2n) is 5.01. The third-order valence-corrected chi connectivity index (χ3v) is 3.62. The number of phenolic OH excluding ortho intramolecular Hbond substituents is 1. The highest BCUT2D eigenvalue weighted by Crippen LogP contribution is 2.30. The van der Waals surface area contributed by atoms with Crippen LogP contribution in [0.25, 0.3) is 0 Å². The summed E-state index contributed by atoms with van der Waals surface area (Å²) in [5.41, 5.74) is 1.04. The van der Waals surface area contributed by atoms with E-state index in [1.165, 1.54) is 17.0 Å². The first-order chi connectivity index (χ1) is 11.1. The summed E-state index contributed by atoms with van der Waals surface area (Å²) in [7, 11) is 0. The molecular weight excluding hydrogens is 298 g/mol. The van der Waals surface area contributed by atoms with Gasteiger partial charge in [-0.2, -0.15) is 4.99 Å². The molecule has 2 aromatic carbocycles. The quantitative estimate of drug-likeness (QED) is 0.695. The molecular formula is C16H13N3O4. The Kier molecular flexibility index (Phi) is 3.76. The summed E-state index contributed by atoms with van der Waals surface area (Å²) in [4.78, 5) is 28.2. The summed E-state index contributed by atoms with van der Waals surface area (Å²) in [5, 5.41) is 20.9. The van der Waals surface area contributed by atoms with Gasteiger partial charge >= 0.3 is 6.03 Å². The molecule has 0 aromatic heterocycles. The van der Waals surface area contributed by atoms with Gasteiger partial charge in [-0.15, -0.1) is 0 Å². The normalized spacial score (nSPS) is 14.5. The number of aliphatic imine (C=N–C) groups is 1. The fourth-order valence-corrected chi connectivity index (χ4v) is 2.53. The van der Waals surface area contributed by atoms with Gasteiger partial charge in [0.1, 0.15) is 5.75 Å². The SMILES string of the molecule is O=C1N=C(c2ccccc2[N+](=O)[O-])CCN1c1ccccc1O. The van der Waals surface area contributed by atoms with Gasteiger partial charge in [-0.1, -0.05) is 24.3 Å². The number of hydrogen-bond donors (Lipinski definition) is 1. The Labute approximate surface area is 131 Å². The zero-order valence-corrected chi connectivity index (χ0v) is 12.0. The monoisotopic (exact) mass is 311 g/mol. The molecule has 116 valence electrons. The smallest absolute Gasteiger partial charge is 0.348 e. The lowest BCUT2D eigenvalue weighted by Crippen LogP contribution is -2.35. The zero-order chi connectivity index (χ0) is 16.4.